The van der Waals surface area contributed by atoms with Gasteiger partial charge in [-0.05, 0) is 68.5 Å². The number of aromatic nitrogens is 2. The summed E-state index contributed by atoms with van der Waals surface area (Å²) in [5.74, 6) is 0.786. The molecule has 0 bridgehead atoms. The molecule has 3 aromatic carbocycles. The van der Waals surface area contributed by atoms with Gasteiger partial charge in [-0.2, -0.15) is 0 Å². The number of carbonyl (C=O) groups excluding carboxylic acids is 2. The third-order valence-electron chi connectivity index (χ3n) is 7.99. The predicted octanol–water partition coefficient (Wildman–Crippen LogP) is 4.07. The van der Waals surface area contributed by atoms with E-state index < -0.39 is 0 Å². The van der Waals surface area contributed by atoms with Crippen LogP contribution >= 0.6 is 0 Å². The molecule has 0 aliphatic carbocycles. The SMILES string of the molecule is CCOCCCn1c(CCc2ccc(C(=N)N)cc2)nc2cc(C(=O)NN3CCC(NC(=O)c4ccccc4)CC3)ccc21. The van der Waals surface area contributed by atoms with Crippen molar-refractivity contribution < 1.29 is 14.3 Å². The minimum absolute atomic E-state index is 0.0595. The number of carbonyl (C=O) groups is 2. The van der Waals surface area contributed by atoms with Gasteiger partial charge in [-0.3, -0.25) is 20.4 Å². The fourth-order valence-corrected chi connectivity index (χ4v) is 5.54. The summed E-state index contributed by atoms with van der Waals surface area (Å²) in [6.45, 7) is 5.44. The number of amidine groups is 1. The number of imidazole rings is 1. The second kappa shape index (κ2) is 14.8. The summed E-state index contributed by atoms with van der Waals surface area (Å²) in [6.07, 6.45) is 3.90. The topological polar surface area (TPSA) is 138 Å². The first-order valence-corrected chi connectivity index (χ1v) is 15.3. The van der Waals surface area contributed by atoms with Gasteiger partial charge in [0.1, 0.15) is 11.7 Å². The minimum Gasteiger partial charge on any atom is -0.384 e. The Morgan fingerprint density at radius 2 is 1.68 bits per heavy atom. The maximum absolute atomic E-state index is 13.2. The molecule has 5 N–H and O–H groups in total. The standard InChI is InChI=1S/C34H41N7O3/c1-2-44-22-6-19-41-30-15-14-27(23-29(30)38-31(41)16-11-24-9-12-25(13-10-24)32(35)36)34(43)39-40-20-17-28(18-21-40)37-33(42)26-7-4-3-5-8-26/h3-5,7-10,12-15,23,28H,2,6,11,16-22H2,1H3,(H3,35,36)(H,37,42)(H,39,43). The van der Waals surface area contributed by atoms with Crippen LogP contribution in [0.1, 0.15) is 63.9 Å². The van der Waals surface area contributed by atoms with Gasteiger partial charge in [0, 0.05) is 62.0 Å². The number of aryl methyl sites for hydroxylation is 3. The third-order valence-corrected chi connectivity index (χ3v) is 7.99. The lowest BCUT2D eigenvalue weighted by Crippen LogP contribution is -2.51. The molecule has 0 saturated carbocycles. The molecule has 1 aliphatic heterocycles. The number of nitrogens with two attached hydrogens (primary N) is 1. The van der Waals surface area contributed by atoms with Crippen LogP contribution in [0.2, 0.25) is 0 Å². The number of rotatable bonds is 13. The van der Waals surface area contributed by atoms with E-state index >= 15 is 0 Å². The Morgan fingerprint density at radius 3 is 2.39 bits per heavy atom. The molecular formula is C34H41N7O3. The Balaban J connectivity index is 1.22. The zero-order valence-electron chi connectivity index (χ0n) is 25.2. The lowest BCUT2D eigenvalue weighted by molar-refractivity contribution is 0.0702. The van der Waals surface area contributed by atoms with Gasteiger partial charge in [0.15, 0.2) is 0 Å². The van der Waals surface area contributed by atoms with Crippen LogP contribution in [0, 0.1) is 5.41 Å². The zero-order chi connectivity index (χ0) is 30.9. The summed E-state index contributed by atoms with van der Waals surface area (Å²) < 4.78 is 7.80. The molecule has 2 amide bonds. The number of amides is 2. The molecule has 10 nitrogen and oxygen atoms in total. The molecular weight excluding hydrogens is 554 g/mol. The predicted molar refractivity (Wildman–Crippen MR) is 172 cm³/mol. The van der Waals surface area contributed by atoms with Gasteiger partial charge < -0.3 is 20.4 Å². The van der Waals surface area contributed by atoms with Crippen molar-refractivity contribution in [2.45, 2.75) is 51.6 Å². The van der Waals surface area contributed by atoms with Crippen molar-refractivity contribution in [3.8, 4) is 0 Å². The lowest BCUT2D eigenvalue weighted by Gasteiger charge is -2.32. The number of fused-ring (bicyclic) bond motifs is 1. The van der Waals surface area contributed by atoms with E-state index in [9.17, 15) is 9.59 Å². The van der Waals surface area contributed by atoms with Crippen LogP contribution in [-0.4, -0.2) is 64.6 Å². The van der Waals surface area contributed by atoms with E-state index in [1.54, 1.807) is 0 Å². The van der Waals surface area contributed by atoms with E-state index in [4.69, 9.17) is 20.9 Å². The van der Waals surface area contributed by atoms with E-state index in [0.717, 1.165) is 61.1 Å². The number of hydrazine groups is 1. The van der Waals surface area contributed by atoms with Crippen molar-refractivity contribution >= 4 is 28.7 Å². The number of nitrogens with one attached hydrogen (secondary N) is 3. The Kier molecular flexibility index (Phi) is 10.4. The number of piperidine rings is 1. The normalized spacial score (nSPS) is 14.0. The highest BCUT2D eigenvalue weighted by Crippen LogP contribution is 2.21. The molecule has 44 heavy (non-hydrogen) atoms. The van der Waals surface area contributed by atoms with Crippen LogP contribution in [-0.2, 0) is 24.1 Å². The molecule has 10 heteroatoms. The van der Waals surface area contributed by atoms with E-state index in [0.29, 0.717) is 43.0 Å². The average molecular weight is 596 g/mol. The van der Waals surface area contributed by atoms with Crippen molar-refractivity contribution in [1.29, 1.82) is 5.41 Å². The van der Waals surface area contributed by atoms with Gasteiger partial charge in [-0.1, -0.05) is 42.5 Å². The first-order valence-electron chi connectivity index (χ1n) is 15.3. The van der Waals surface area contributed by atoms with Gasteiger partial charge in [0.05, 0.1) is 11.0 Å². The number of hydrogen-bond acceptors (Lipinski definition) is 6. The molecule has 0 spiro atoms. The number of nitrogens with zero attached hydrogens (tertiary/aromatic N) is 3. The number of hydrogen-bond donors (Lipinski definition) is 4. The molecule has 4 aromatic rings. The van der Waals surface area contributed by atoms with Crippen LogP contribution in [0.3, 0.4) is 0 Å². The summed E-state index contributed by atoms with van der Waals surface area (Å²) >= 11 is 0. The summed E-state index contributed by atoms with van der Waals surface area (Å²) in [7, 11) is 0. The van der Waals surface area contributed by atoms with Gasteiger partial charge in [-0.25, -0.2) is 9.99 Å². The van der Waals surface area contributed by atoms with Crippen LogP contribution in [0.25, 0.3) is 11.0 Å². The molecule has 1 fully saturated rings. The molecule has 5 rings (SSSR count). The number of ether oxygens (including phenoxy) is 1. The van der Waals surface area contributed by atoms with Gasteiger partial charge in [-0.15, -0.1) is 0 Å². The second-order valence-electron chi connectivity index (χ2n) is 11.1. The Morgan fingerprint density at radius 1 is 0.955 bits per heavy atom. The first kappa shape index (κ1) is 30.9. The Hall–Kier alpha value is -4.54. The Bertz CT molecular complexity index is 1580. The lowest BCUT2D eigenvalue weighted by atomic mass is 10.1. The molecule has 1 aliphatic rings. The first-order chi connectivity index (χ1) is 21.4. The van der Waals surface area contributed by atoms with Gasteiger partial charge in [0.25, 0.3) is 11.8 Å². The van der Waals surface area contributed by atoms with Crippen molar-refractivity contribution in [3.63, 3.8) is 0 Å². The number of benzene rings is 3. The van der Waals surface area contributed by atoms with Crippen LogP contribution < -0.4 is 16.5 Å². The molecule has 0 unspecified atom stereocenters. The molecule has 1 aromatic heterocycles. The second-order valence-corrected chi connectivity index (χ2v) is 11.1. The highest BCUT2D eigenvalue weighted by Gasteiger charge is 2.23. The number of nitrogen functional groups attached to an aromatic ring is 1. The highest BCUT2D eigenvalue weighted by atomic mass is 16.5. The summed E-state index contributed by atoms with van der Waals surface area (Å²) in [6, 6.07) is 22.7. The minimum atomic E-state index is -0.170. The molecule has 2 heterocycles. The van der Waals surface area contributed by atoms with E-state index in [2.05, 4.69) is 15.3 Å². The van der Waals surface area contributed by atoms with E-state index in [1.807, 2.05) is 84.7 Å². The van der Waals surface area contributed by atoms with Crippen molar-refractivity contribution in [2.75, 3.05) is 26.3 Å². The van der Waals surface area contributed by atoms with Crippen LogP contribution in [0.5, 0.6) is 0 Å². The maximum Gasteiger partial charge on any atom is 0.265 e. The van der Waals surface area contributed by atoms with Gasteiger partial charge >= 0.3 is 0 Å². The zero-order valence-corrected chi connectivity index (χ0v) is 25.2. The summed E-state index contributed by atoms with van der Waals surface area (Å²) in [4.78, 5) is 30.7. The highest BCUT2D eigenvalue weighted by molar-refractivity contribution is 5.97. The molecule has 230 valence electrons. The summed E-state index contributed by atoms with van der Waals surface area (Å²) in [5.41, 5.74) is 13.5. The average Bonchev–Trinajstić information content (AvgIpc) is 3.40. The fraction of sp³-hybridized carbons (Fsp3) is 0.353. The monoisotopic (exact) mass is 595 g/mol. The smallest absolute Gasteiger partial charge is 0.265 e. The Labute approximate surface area is 258 Å². The quantitative estimate of drug-likeness (QED) is 0.104. The van der Waals surface area contributed by atoms with Crippen molar-refractivity contribution in [2.24, 2.45) is 5.73 Å². The molecule has 1 saturated heterocycles. The van der Waals surface area contributed by atoms with Crippen molar-refractivity contribution in [1.82, 2.24) is 25.3 Å². The van der Waals surface area contributed by atoms with Crippen LogP contribution in [0.4, 0.5) is 0 Å². The van der Waals surface area contributed by atoms with Gasteiger partial charge in [0.2, 0.25) is 0 Å². The largest absolute Gasteiger partial charge is 0.384 e. The van der Waals surface area contributed by atoms with Crippen molar-refractivity contribution in [3.05, 3.63) is 101 Å². The maximum atomic E-state index is 13.2. The molecule has 0 radical (unpaired) electrons. The van der Waals surface area contributed by atoms with Crippen LogP contribution in [0.15, 0.2) is 72.8 Å². The summed E-state index contributed by atoms with van der Waals surface area (Å²) in [5, 5.41) is 12.6. The molecule has 0 atom stereocenters. The van der Waals surface area contributed by atoms with E-state index in [1.165, 1.54) is 0 Å². The third kappa shape index (κ3) is 7.89. The van der Waals surface area contributed by atoms with E-state index in [-0.39, 0.29) is 23.7 Å². The fourth-order valence-electron chi connectivity index (χ4n) is 5.54.